The fraction of sp³-hybridized carbons (Fsp3) is 0.0909. The zero-order valence-corrected chi connectivity index (χ0v) is 10.7. The standard InChI is InChI=1S/C11H10N4O3S/c1-12-7-3-2-6(5-9(7)15(17)18)4-8-10(16)14-11(19)13-8/h2-5,12H,1H3,(H2,13,14,16,19)/b8-4+. The van der Waals surface area contributed by atoms with E-state index in [2.05, 4.69) is 16.0 Å². The van der Waals surface area contributed by atoms with Gasteiger partial charge in [-0.3, -0.25) is 20.2 Å². The summed E-state index contributed by atoms with van der Waals surface area (Å²) in [6.07, 6.45) is 1.50. The van der Waals surface area contributed by atoms with Crippen molar-refractivity contribution < 1.29 is 9.72 Å². The number of hydrogen-bond donors (Lipinski definition) is 3. The fourth-order valence-corrected chi connectivity index (χ4v) is 1.85. The number of rotatable bonds is 3. The monoisotopic (exact) mass is 278 g/mol. The highest BCUT2D eigenvalue weighted by molar-refractivity contribution is 7.80. The van der Waals surface area contributed by atoms with Gasteiger partial charge in [-0.15, -0.1) is 0 Å². The molecular weight excluding hydrogens is 268 g/mol. The highest BCUT2D eigenvalue weighted by Crippen LogP contribution is 2.26. The van der Waals surface area contributed by atoms with Crippen molar-refractivity contribution in [2.45, 2.75) is 0 Å². The van der Waals surface area contributed by atoms with E-state index in [1.807, 2.05) is 0 Å². The van der Waals surface area contributed by atoms with Gasteiger partial charge < -0.3 is 10.6 Å². The van der Waals surface area contributed by atoms with Gasteiger partial charge in [0.25, 0.3) is 11.6 Å². The number of thiocarbonyl (C=S) groups is 1. The first kappa shape index (κ1) is 13.0. The quantitative estimate of drug-likeness (QED) is 0.330. The second-order valence-corrected chi connectivity index (χ2v) is 4.16. The lowest BCUT2D eigenvalue weighted by molar-refractivity contribution is -0.383. The molecule has 0 radical (unpaired) electrons. The number of hydrogen-bond acceptors (Lipinski definition) is 5. The van der Waals surface area contributed by atoms with Crippen LogP contribution in [-0.4, -0.2) is 23.0 Å². The number of nitrogens with zero attached hydrogens (tertiary/aromatic N) is 1. The van der Waals surface area contributed by atoms with Gasteiger partial charge in [-0.1, -0.05) is 6.07 Å². The summed E-state index contributed by atoms with van der Waals surface area (Å²) in [7, 11) is 1.60. The summed E-state index contributed by atoms with van der Waals surface area (Å²) in [6.45, 7) is 0. The predicted molar refractivity (Wildman–Crippen MR) is 74.5 cm³/mol. The number of nitro benzene ring substituents is 1. The molecule has 1 aromatic rings. The van der Waals surface area contributed by atoms with Gasteiger partial charge in [0.2, 0.25) is 0 Å². The first-order chi connectivity index (χ1) is 9.01. The maximum absolute atomic E-state index is 11.5. The minimum absolute atomic E-state index is 0.0576. The summed E-state index contributed by atoms with van der Waals surface area (Å²) in [5, 5.41) is 19.0. The number of nitrogens with one attached hydrogen (secondary N) is 3. The molecule has 0 atom stereocenters. The normalized spacial score (nSPS) is 16.2. The number of anilines is 1. The van der Waals surface area contributed by atoms with Gasteiger partial charge in [0.05, 0.1) is 4.92 Å². The van der Waals surface area contributed by atoms with Gasteiger partial charge in [-0.25, -0.2) is 0 Å². The van der Waals surface area contributed by atoms with E-state index < -0.39 is 4.92 Å². The van der Waals surface area contributed by atoms with Crippen LogP contribution in [0.3, 0.4) is 0 Å². The molecule has 1 saturated heterocycles. The van der Waals surface area contributed by atoms with E-state index in [9.17, 15) is 14.9 Å². The van der Waals surface area contributed by atoms with Crippen molar-refractivity contribution in [3.05, 3.63) is 39.6 Å². The lowest BCUT2D eigenvalue weighted by Gasteiger charge is -2.03. The second kappa shape index (κ2) is 5.02. The van der Waals surface area contributed by atoms with Gasteiger partial charge in [0.15, 0.2) is 5.11 Å². The van der Waals surface area contributed by atoms with Gasteiger partial charge in [-0.2, -0.15) is 0 Å². The zero-order valence-electron chi connectivity index (χ0n) is 9.89. The molecule has 0 aromatic heterocycles. The number of carbonyl (C=O) groups is 1. The Morgan fingerprint density at radius 2 is 2.16 bits per heavy atom. The van der Waals surface area contributed by atoms with Gasteiger partial charge in [-0.05, 0) is 29.9 Å². The van der Waals surface area contributed by atoms with Crippen LogP contribution in [0.25, 0.3) is 6.08 Å². The molecule has 8 heteroatoms. The van der Waals surface area contributed by atoms with Crippen molar-refractivity contribution in [3.63, 3.8) is 0 Å². The van der Waals surface area contributed by atoms with E-state index in [1.54, 1.807) is 19.2 Å². The predicted octanol–water partition coefficient (Wildman–Crippen LogP) is 0.982. The smallest absolute Gasteiger partial charge is 0.292 e. The van der Waals surface area contributed by atoms with E-state index in [4.69, 9.17) is 12.2 Å². The van der Waals surface area contributed by atoms with Crippen molar-refractivity contribution in [2.75, 3.05) is 12.4 Å². The maximum atomic E-state index is 11.5. The summed E-state index contributed by atoms with van der Waals surface area (Å²) in [4.78, 5) is 21.9. The summed E-state index contributed by atoms with van der Waals surface area (Å²) in [5.74, 6) is -0.356. The second-order valence-electron chi connectivity index (χ2n) is 3.75. The molecule has 2 rings (SSSR count). The van der Waals surface area contributed by atoms with E-state index in [1.165, 1.54) is 12.1 Å². The van der Waals surface area contributed by atoms with Gasteiger partial charge >= 0.3 is 0 Å². The molecule has 98 valence electrons. The number of amides is 1. The zero-order chi connectivity index (χ0) is 14.0. The molecule has 1 aromatic carbocycles. The molecule has 1 heterocycles. The van der Waals surface area contributed by atoms with Crippen LogP contribution in [0.15, 0.2) is 23.9 Å². The molecule has 0 aliphatic carbocycles. The average molecular weight is 278 g/mol. The molecule has 7 nitrogen and oxygen atoms in total. The van der Waals surface area contributed by atoms with Gasteiger partial charge in [0, 0.05) is 13.1 Å². The summed E-state index contributed by atoms with van der Waals surface area (Å²) in [5.41, 5.74) is 1.15. The Morgan fingerprint density at radius 1 is 1.42 bits per heavy atom. The van der Waals surface area contributed by atoms with Crippen molar-refractivity contribution in [3.8, 4) is 0 Å². The molecule has 0 saturated carbocycles. The van der Waals surface area contributed by atoms with Crippen LogP contribution < -0.4 is 16.0 Å². The van der Waals surface area contributed by atoms with Gasteiger partial charge in [0.1, 0.15) is 11.4 Å². The van der Waals surface area contributed by atoms with Crippen LogP contribution in [0.1, 0.15) is 5.56 Å². The third-order valence-electron chi connectivity index (χ3n) is 2.52. The van der Waals surface area contributed by atoms with Crippen molar-refractivity contribution in [2.24, 2.45) is 0 Å². The number of carbonyl (C=O) groups excluding carboxylic acids is 1. The summed E-state index contributed by atoms with van der Waals surface area (Å²) in [6, 6.07) is 4.63. The topological polar surface area (TPSA) is 96.3 Å². The minimum atomic E-state index is -0.485. The molecular formula is C11H10N4O3S. The first-order valence-electron chi connectivity index (χ1n) is 5.31. The molecule has 3 N–H and O–H groups in total. The van der Waals surface area contributed by atoms with Crippen LogP contribution in [0.2, 0.25) is 0 Å². The van der Waals surface area contributed by atoms with Crippen molar-refractivity contribution in [1.29, 1.82) is 0 Å². The van der Waals surface area contributed by atoms with E-state index in [0.717, 1.165) is 0 Å². The van der Waals surface area contributed by atoms with E-state index in [-0.39, 0.29) is 22.4 Å². The van der Waals surface area contributed by atoms with Crippen molar-refractivity contribution >= 4 is 40.7 Å². The van der Waals surface area contributed by atoms with Crippen LogP contribution in [0, 0.1) is 10.1 Å². The van der Waals surface area contributed by atoms with Crippen LogP contribution in [0.5, 0.6) is 0 Å². The number of benzene rings is 1. The first-order valence-corrected chi connectivity index (χ1v) is 5.72. The van der Waals surface area contributed by atoms with Crippen LogP contribution >= 0.6 is 12.2 Å². The summed E-state index contributed by atoms with van der Waals surface area (Å²) >= 11 is 4.79. The lowest BCUT2D eigenvalue weighted by Crippen LogP contribution is -2.21. The van der Waals surface area contributed by atoms with Crippen LogP contribution in [0.4, 0.5) is 11.4 Å². The molecule has 19 heavy (non-hydrogen) atoms. The Morgan fingerprint density at radius 3 is 2.68 bits per heavy atom. The Kier molecular flexibility index (Phi) is 3.43. The van der Waals surface area contributed by atoms with Crippen molar-refractivity contribution in [1.82, 2.24) is 10.6 Å². The van der Waals surface area contributed by atoms with E-state index >= 15 is 0 Å². The number of nitro groups is 1. The minimum Gasteiger partial charge on any atom is -0.383 e. The molecule has 1 aliphatic heterocycles. The Balaban J connectivity index is 2.39. The third-order valence-corrected chi connectivity index (χ3v) is 2.72. The molecule has 1 amide bonds. The summed E-state index contributed by atoms with van der Waals surface area (Å²) < 4.78 is 0. The Labute approximate surface area is 113 Å². The van der Waals surface area contributed by atoms with Crippen LogP contribution in [-0.2, 0) is 4.79 Å². The highest BCUT2D eigenvalue weighted by Gasteiger charge is 2.20. The Bertz CT molecular complexity index is 612. The average Bonchev–Trinajstić information content (AvgIpc) is 2.67. The highest BCUT2D eigenvalue weighted by atomic mass is 32.1. The Hall–Kier alpha value is -2.48. The third kappa shape index (κ3) is 2.68. The maximum Gasteiger partial charge on any atom is 0.292 e. The molecule has 1 aliphatic rings. The lowest BCUT2D eigenvalue weighted by atomic mass is 10.1. The fourth-order valence-electron chi connectivity index (χ4n) is 1.65. The molecule has 0 spiro atoms. The SMILES string of the molecule is CNc1ccc(/C=C2/NC(=S)NC2=O)cc1[N+](=O)[O-]. The molecule has 0 bridgehead atoms. The molecule has 0 unspecified atom stereocenters. The van der Waals surface area contributed by atoms with E-state index in [0.29, 0.717) is 11.3 Å². The largest absolute Gasteiger partial charge is 0.383 e. The molecule has 1 fully saturated rings.